The summed E-state index contributed by atoms with van der Waals surface area (Å²) in [6.07, 6.45) is 1.62. The lowest BCUT2D eigenvalue weighted by Gasteiger charge is -2.22. The second-order valence-electron chi connectivity index (χ2n) is 6.74. The molecule has 30 heavy (non-hydrogen) atoms. The average molecular weight is 403 g/mol. The second kappa shape index (κ2) is 8.08. The van der Waals surface area contributed by atoms with Gasteiger partial charge in [-0.05, 0) is 30.3 Å². The number of hydrogen-bond acceptors (Lipinski definition) is 7. The number of aromatic nitrogens is 4. The number of nitrogens with two attached hydrogens (primary N) is 2. The molecule has 0 fully saturated rings. The Morgan fingerprint density at radius 3 is 2.80 bits per heavy atom. The third kappa shape index (κ3) is 4.14. The van der Waals surface area contributed by atoms with Crippen molar-refractivity contribution in [3.8, 4) is 17.0 Å². The third-order valence-corrected chi connectivity index (χ3v) is 4.61. The van der Waals surface area contributed by atoms with E-state index in [9.17, 15) is 4.79 Å². The van der Waals surface area contributed by atoms with Gasteiger partial charge in [0.15, 0.2) is 0 Å². The van der Waals surface area contributed by atoms with Crippen molar-refractivity contribution in [3.63, 3.8) is 0 Å². The molecular weight excluding hydrogens is 382 g/mol. The van der Waals surface area contributed by atoms with Crippen LogP contribution in [0.1, 0.15) is 5.82 Å². The number of nitrogens with one attached hydrogen (secondary N) is 1. The Bertz CT molecular complexity index is 1200. The van der Waals surface area contributed by atoms with E-state index in [4.69, 9.17) is 16.2 Å². The van der Waals surface area contributed by atoms with Gasteiger partial charge in [-0.15, -0.1) is 0 Å². The smallest absolute Gasteiger partial charge is 0.236 e. The Morgan fingerprint density at radius 1 is 1.17 bits per heavy atom. The zero-order valence-corrected chi connectivity index (χ0v) is 16.4. The maximum atomic E-state index is 11.6. The van der Waals surface area contributed by atoms with Gasteiger partial charge in [0.1, 0.15) is 11.6 Å². The molecule has 1 amide bonds. The summed E-state index contributed by atoms with van der Waals surface area (Å²) in [5, 5.41) is 0. The SMILES string of the molecule is COc1cccc(N(CC(N)=O)Cc2nc3ccc(-c4ccnc(N)n4)cc3[nH]2)c1. The molecule has 0 bridgehead atoms. The summed E-state index contributed by atoms with van der Waals surface area (Å²) >= 11 is 0. The van der Waals surface area contributed by atoms with Crippen molar-refractivity contribution in [1.82, 2.24) is 19.9 Å². The van der Waals surface area contributed by atoms with Crippen molar-refractivity contribution in [3.05, 3.63) is 60.6 Å². The largest absolute Gasteiger partial charge is 0.497 e. The predicted molar refractivity (Wildman–Crippen MR) is 115 cm³/mol. The molecule has 0 spiro atoms. The minimum Gasteiger partial charge on any atom is -0.497 e. The van der Waals surface area contributed by atoms with Gasteiger partial charge in [-0.2, -0.15) is 0 Å². The number of aromatic amines is 1. The van der Waals surface area contributed by atoms with Crippen molar-refractivity contribution in [2.75, 3.05) is 24.3 Å². The number of methoxy groups -OCH3 is 1. The second-order valence-corrected chi connectivity index (χ2v) is 6.74. The van der Waals surface area contributed by atoms with Gasteiger partial charge in [-0.3, -0.25) is 4.79 Å². The van der Waals surface area contributed by atoms with Gasteiger partial charge in [-0.25, -0.2) is 15.0 Å². The summed E-state index contributed by atoms with van der Waals surface area (Å²) < 4.78 is 5.29. The van der Waals surface area contributed by atoms with Crippen LogP contribution < -0.4 is 21.1 Å². The monoisotopic (exact) mass is 403 g/mol. The molecular formula is C21H21N7O2. The maximum absolute atomic E-state index is 11.6. The molecule has 4 rings (SSSR count). The number of nitrogen functional groups attached to an aromatic ring is 1. The molecule has 0 saturated heterocycles. The molecule has 2 heterocycles. The Labute approximate surface area is 172 Å². The zero-order valence-electron chi connectivity index (χ0n) is 16.4. The first-order valence-electron chi connectivity index (χ1n) is 9.26. The lowest BCUT2D eigenvalue weighted by molar-refractivity contribution is -0.116. The molecule has 2 aromatic heterocycles. The third-order valence-electron chi connectivity index (χ3n) is 4.61. The molecule has 4 aromatic rings. The first-order chi connectivity index (χ1) is 14.5. The highest BCUT2D eigenvalue weighted by atomic mass is 16.5. The first kappa shape index (κ1) is 19.2. The number of carbonyl (C=O) groups is 1. The summed E-state index contributed by atoms with van der Waals surface area (Å²) in [6, 6.07) is 15.0. The Hall–Kier alpha value is -4.14. The predicted octanol–water partition coefficient (Wildman–Crippen LogP) is 2.10. The van der Waals surface area contributed by atoms with E-state index in [1.165, 1.54) is 0 Å². The fourth-order valence-corrected chi connectivity index (χ4v) is 3.25. The Balaban J connectivity index is 1.64. The van der Waals surface area contributed by atoms with Crippen LogP contribution in [0.3, 0.4) is 0 Å². The molecule has 0 aliphatic rings. The molecule has 0 saturated carbocycles. The molecule has 2 aromatic carbocycles. The molecule has 9 heteroatoms. The number of fused-ring (bicyclic) bond motifs is 1. The summed E-state index contributed by atoms with van der Waals surface area (Å²) in [6.45, 7) is 0.427. The van der Waals surface area contributed by atoms with Crippen LogP contribution in [0.25, 0.3) is 22.3 Å². The molecule has 9 nitrogen and oxygen atoms in total. The zero-order chi connectivity index (χ0) is 21.1. The van der Waals surface area contributed by atoms with Crippen molar-refractivity contribution in [2.45, 2.75) is 6.54 Å². The first-order valence-corrected chi connectivity index (χ1v) is 9.26. The van der Waals surface area contributed by atoms with Crippen LogP contribution >= 0.6 is 0 Å². The number of benzene rings is 2. The molecule has 152 valence electrons. The van der Waals surface area contributed by atoms with E-state index in [0.717, 1.165) is 28.0 Å². The summed E-state index contributed by atoms with van der Waals surface area (Å²) in [4.78, 5) is 29.6. The van der Waals surface area contributed by atoms with Gasteiger partial charge < -0.3 is 26.1 Å². The van der Waals surface area contributed by atoms with Crippen LogP contribution in [-0.2, 0) is 11.3 Å². The van der Waals surface area contributed by atoms with E-state index in [-0.39, 0.29) is 12.5 Å². The molecule has 0 aliphatic heterocycles. The minimum absolute atomic E-state index is 0.0513. The van der Waals surface area contributed by atoms with Gasteiger partial charge >= 0.3 is 0 Å². The van der Waals surface area contributed by atoms with Crippen molar-refractivity contribution >= 4 is 28.6 Å². The number of rotatable bonds is 7. The topological polar surface area (TPSA) is 136 Å². The average Bonchev–Trinajstić information content (AvgIpc) is 3.14. The van der Waals surface area contributed by atoms with Gasteiger partial charge in [0.05, 0.1) is 36.9 Å². The lowest BCUT2D eigenvalue weighted by atomic mass is 10.1. The quantitative estimate of drug-likeness (QED) is 0.430. The van der Waals surface area contributed by atoms with E-state index in [0.29, 0.717) is 18.1 Å². The van der Waals surface area contributed by atoms with Crippen LogP contribution in [-0.4, -0.2) is 39.5 Å². The van der Waals surface area contributed by atoms with E-state index in [2.05, 4.69) is 19.9 Å². The molecule has 0 atom stereocenters. The number of imidazole rings is 1. The summed E-state index contributed by atoms with van der Waals surface area (Å²) in [5.41, 5.74) is 15.2. The molecule has 5 N–H and O–H groups in total. The van der Waals surface area contributed by atoms with Crippen molar-refractivity contribution < 1.29 is 9.53 Å². The van der Waals surface area contributed by atoms with Crippen LogP contribution in [0.15, 0.2) is 54.7 Å². The molecule has 0 unspecified atom stereocenters. The Morgan fingerprint density at radius 2 is 2.03 bits per heavy atom. The highest BCUT2D eigenvalue weighted by Crippen LogP contribution is 2.25. The Kier molecular flexibility index (Phi) is 5.17. The van der Waals surface area contributed by atoms with Crippen LogP contribution in [0.4, 0.5) is 11.6 Å². The number of primary amides is 1. The molecule has 0 aliphatic carbocycles. The van der Waals surface area contributed by atoms with Crippen LogP contribution in [0.2, 0.25) is 0 Å². The van der Waals surface area contributed by atoms with Crippen LogP contribution in [0.5, 0.6) is 5.75 Å². The van der Waals surface area contributed by atoms with E-state index in [1.54, 1.807) is 19.4 Å². The molecule has 0 radical (unpaired) electrons. The number of anilines is 2. The summed E-state index contributed by atoms with van der Waals surface area (Å²) in [7, 11) is 1.60. The number of amides is 1. The van der Waals surface area contributed by atoms with Gasteiger partial charge in [0.2, 0.25) is 11.9 Å². The van der Waals surface area contributed by atoms with E-state index in [1.807, 2.05) is 47.4 Å². The number of carbonyl (C=O) groups excluding carboxylic acids is 1. The minimum atomic E-state index is -0.433. The highest BCUT2D eigenvalue weighted by Gasteiger charge is 2.14. The number of hydrogen-bond donors (Lipinski definition) is 3. The van der Waals surface area contributed by atoms with Gasteiger partial charge in [0.25, 0.3) is 0 Å². The summed E-state index contributed by atoms with van der Waals surface area (Å²) in [5.74, 6) is 1.18. The number of H-pyrrole nitrogens is 1. The van der Waals surface area contributed by atoms with Gasteiger partial charge in [0, 0.05) is 23.5 Å². The van der Waals surface area contributed by atoms with E-state index >= 15 is 0 Å². The van der Waals surface area contributed by atoms with E-state index < -0.39 is 5.91 Å². The number of ether oxygens (including phenoxy) is 1. The standard InChI is InChI=1S/C21H21N7O2/c1-30-15-4-2-3-14(10-15)28(11-19(22)29)12-20-25-17-6-5-13(9-18(17)26-20)16-7-8-24-21(23)27-16/h2-10H,11-12H2,1H3,(H2,22,29)(H,25,26)(H2,23,24,27). The highest BCUT2D eigenvalue weighted by molar-refractivity contribution is 5.82. The maximum Gasteiger partial charge on any atom is 0.236 e. The van der Waals surface area contributed by atoms with Crippen LogP contribution in [0, 0.1) is 0 Å². The normalized spacial score (nSPS) is 10.8. The number of nitrogens with zero attached hydrogens (tertiary/aromatic N) is 4. The van der Waals surface area contributed by atoms with Crippen molar-refractivity contribution in [2.24, 2.45) is 5.73 Å². The van der Waals surface area contributed by atoms with Gasteiger partial charge in [-0.1, -0.05) is 12.1 Å². The lowest BCUT2D eigenvalue weighted by Crippen LogP contribution is -2.33. The fourth-order valence-electron chi connectivity index (χ4n) is 3.25. The fraction of sp³-hybridized carbons (Fsp3) is 0.143. The van der Waals surface area contributed by atoms with Crippen molar-refractivity contribution in [1.29, 1.82) is 0 Å².